The van der Waals surface area contributed by atoms with Gasteiger partial charge in [-0.25, -0.2) is 4.98 Å². The van der Waals surface area contributed by atoms with Crippen molar-refractivity contribution >= 4 is 38.3 Å². The van der Waals surface area contributed by atoms with Crippen molar-refractivity contribution < 1.29 is 4.74 Å². The van der Waals surface area contributed by atoms with Gasteiger partial charge in [0.1, 0.15) is 0 Å². The van der Waals surface area contributed by atoms with Crippen LogP contribution in [0.15, 0.2) is 18.2 Å². The first-order valence-corrected chi connectivity index (χ1v) is 7.28. The summed E-state index contributed by atoms with van der Waals surface area (Å²) in [5.41, 5.74) is 0.905. The number of benzene rings is 1. The monoisotopic (exact) mass is 282 g/mol. The Morgan fingerprint density at radius 1 is 1.56 bits per heavy atom. The van der Waals surface area contributed by atoms with Gasteiger partial charge in [0.25, 0.3) is 0 Å². The maximum Gasteiger partial charge on any atom is 0.183 e. The molecule has 2 aromatic rings. The number of fused-ring (bicyclic) bond motifs is 1. The summed E-state index contributed by atoms with van der Waals surface area (Å²) in [5.74, 6) is 0. The van der Waals surface area contributed by atoms with Crippen molar-refractivity contribution in [2.24, 2.45) is 0 Å². The second kappa shape index (κ2) is 4.68. The van der Waals surface area contributed by atoms with Crippen LogP contribution in [-0.4, -0.2) is 23.7 Å². The van der Waals surface area contributed by atoms with Crippen LogP contribution < -0.4 is 5.32 Å². The molecular weight excluding hydrogens is 268 g/mol. The number of halogens is 1. The summed E-state index contributed by atoms with van der Waals surface area (Å²) in [6.45, 7) is 3.82. The highest BCUT2D eigenvalue weighted by Gasteiger charge is 2.29. The van der Waals surface area contributed by atoms with Crippen molar-refractivity contribution in [1.29, 1.82) is 0 Å². The molecule has 1 atom stereocenters. The number of aromatic nitrogens is 1. The molecule has 1 unspecified atom stereocenters. The molecule has 0 aliphatic carbocycles. The lowest BCUT2D eigenvalue weighted by Crippen LogP contribution is -2.32. The normalized spacial score (nSPS) is 23.7. The minimum atomic E-state index is -0.0461. The zero-order valence-electron chi connectivity index (χ0n) is 10.2. The molecule has 18 heavy (non-hydrogen) atoms. The van der Waals surface area contributed by atoms with Crippen LogP contribution in [0, 0.1) is 0 Å². The van der Waals surface area contributed by atoms with E-state index in [0.717, 1.165) is 46.4 Å². The summed E-state index contributed by atoms with van der Waals surface area (Å²) >= 11 is 7.61. The van der Waals surface area contributed by atoms with Gasteiger partial charge in [0.05, 0.1) is 15.8 Å². The number of thiazole rings is 1. The van der Waals surface area contributed by atoms with Crippen molar-refractivity contribution in [3.63, 3.8) is 0 Å². The van der Waals surface area contributed by atoms with Gasteiger partial charge >= 0.3 is 0 Å². The molecule has 0 saturated carbocycles. The minimum absolute atomic E-state index is 0.0461. The van der Waals surface area contributed by atoms with E-state index in [0.29, 0.717) is 0 Å². The van der Waals surface area contributed by atoms with Crippen molar-refractivity contribution in [2.45, 2.75) is 25.4 Å². The Balaban J connectivity index is 1.74. The van der Waals surface area contributed by atoms with E-state index in [-0.39, 0.29) is 5.60 Å². The molecule has 1 aliphatic heterocycles. The highest BCUT2D eigenvalue weighted by atomic mass is 35.5. The first-order chi connectivity index (χ1) is 8.65. The van der Waals surface area contributed by atoms with Gasteiger partial charge in [-0.15, -0.1) is 0 Å². The molecule has 1 saturated heterocycles. The third-order valence-corrected chi connectivity index (χ3v) is 4.49. The molecule has 0 amide bonds. The average Bonchev–Trinajstić information content (AvgIpc) is 2.93. The van der Waals surface area contributed by atoms with Gasteiger partial charge in [-0.2, -0.15) is 0 Å². The molecule has 5 heteroatoms. The molecule has 0 bridgehead atoms. The molecule has 1 N–H and O–H groups in total. The lowest BCUT2D eigenvalue weighted by molar-refractivity contribution is 0.0315. The number of hydrogen-bond acceptors (Lipinski definition) is 4. The highest BCUT2D eigenvalue weighted by molar-refractivity contribution is 7.22. The Kier molecular flexibility index (Phi) is 3.18. The van der Waals surface area contributed by atoms with Gasteiger partial charge in [-0.3, -0.25) is 0 Å². The van der Waals surface area contributed by atoms with E-state index in [4.69, 9.17) is 16.3 Å². The van der Waals surface area contributed by atoms with E-state index in [2.05, 4.69) is 17.2 Å². The van der Waals surface area contributed by atoms with E-state index in [1.54, 1.807) is 11.3 Å². The average molecular weight is 283 g/mol. The molecule has 2 heterocycles. The summed E-state index contributed by atoms with van der Waals surface area (Å²) in [6, 6.07) is 5.80. The highest BCUT2D eigenvalue weighted by Crippen LogP contribution is 2.30. The number of ether oxygens (including phenoxy) is 1. The Morgan fingerprint density at radius 3 is 3.22 bits per heavy atom. The van der Waals surface area contributed by atoms with E-state index in [1.807, 2.05) is 18.2 Å². The first kappa shape index (κ1) is 12.2. The van der Waals surface area contributed by atoms with Gasteiger partial charge in [-0.1, -0.05) is 22.9 Å². The molecule has 3 nitrogen and oxygen atoms in total. The fourth-order valence-electron chi connectivity index (χ4n) is 2.22. The fraction of sp³-hybridized carbons (Fsp3) is 0.462. The second-order valence-electron chi connectivity index (χ2n) is 4.89. The number of anilines is 1. The van der Waals surface area contributed by atoms with Gasteiger partial charge in [0.2, 0.25) is 0 Å². The topological polar surface area (TPSA) is 34.2 Å². The van der Waals surface area contributed by atoms with Gasteiger partial charge in [0, 0.05) is 18.2 Å². The molecular formula is C13H15ClN2OS. The third kappa shape index (κ3) is 2.46. The zero-order chi connectivity index (χ0) is 12.6. The molecule has 96 valence electrons. The summed E-state index contributed by atoms with van der Waals surface area (Å²) in [7, 11) is 0. The summed E-state index contributed by atoms with van der Waals surface area (Å²) in [5, 5.41) is 5.04. The van der Waals surface area contributed by atoms with Gasteiger partial charge in [0.15, 0.2) is 5.13 Å². The van der Waals surface area contributed by atoms with Gasteiger partial charge in [-0.05, 0) is 38.0 Å². The zero-order valence-corrected chi connectivity index (χ0v) is 11.8. The molecule has 1 aromatic heterocycles. The largest absolute Gasteiger partial charge is 0.373 e. The quantitative estimate of drug-likeness (QED) is 0.926. The SMILES string of the molecule is CC1(CNc2nc3cc(Cl)ccc3s2)CCCO1. The minimum Gasteiger partial charge on any atom is -0.373 e. The Bertz CT molecular complexity index is 563. The third-order valence-electron chi connectivity index (χ3n) is 3.26. The molecule has 3 rings (SSSR count). The second-order valence-corrected chi connectivity index (χ2v) is 6.35. The molecule has 0 radical (unpaired) electrons. The van der Waals surface area contributed by atoms with Crippen LogP contribution in [0.2, 0.25) is 5.02 Å². The van der Waals surface area contributed by atoms with E-state index < -0.39 is 0 Å². The lowest BCUT2D eigenvalue weighted by Gasteiger charge is -2.22. The molecule has 1 fully saturated rings. The van der Waals surface area contributed by atoms with Crippen LogP contribution >= 0.6 is 22.9 Å². The van der Waals surface area contributed by atoms with Crippen LogP contribution in [0.3, 0.4) is 0 Å². The van der Waals surface area contributed by atoms with Crippen molar-refractivity contribution in [2.75, 3.05) is 18.5 Å². The van der Waals surface area contributed by atoms with Crippen molar-refractivity contribution in [3.05, 3.63) is 23.2 Å². The molecule has 0 spiro atoms. The lowest BCUT2D eigenvalue weighted by atomic mass is 10.0. The fourth-order valence-corrected chi connectivity index (χ4v) is 3.22. The maximum atomic E-state index is 5.95. The van der Waals surface area contributed by atoms with Crippen LogP contribution in [0.5, 0.6) is 0 Å². The Morgan fingerprint density at radius 2 is 2.44 bits per heavy atom. The van der Waals surface area contributed by atoms with E-state index >= 15 is 0 Å². The van der Waals surface area contributed by atoms with Crippen molar-refractivity contribution in [1.82, 2.24) is 4.98 Å². The molecule has 1 aliphatic rings. The number of rotatable bonds is 3. The van der Waals surface area contributed by atoms with E-state index in [9.17, 15) is 0 Å². The molecule has 1 aromatic carbocycles. The van der Waals surface area contributed by atoms with Crippen LogP contribution in [0.4, 0.5) is 5.13 Å². The first-order valence-electron chi connectivity index (χ1n) is 6.09. The van der Waals surface area contributed by atoms with Crippen molar-refractivity contribution in [3.8, 4) is 0 Å². The summed E-state index contributed by atoms with van der Waals surface area (Å²) < 4.78 is 6.90. The summed E-state index contributed by atoms with van der Waals surface area (Å²) in [6.07, 6.45) is 2.25. The Hall–Kier alpha value is -0.840. The maximum absolute atomic E-state index is 5.95. The van der Waals surface area contributed by atoms with Gasteiger partial charge < -0.3 is 10.1 Å². The van der Waals surface area contributed by atoms with Crippen LogP contribution in [0.1, 0.15) is 19.8 Å². The predicted octanol–water partition coefficient (Wildman–Crippen LogP) is 3.93. The Labute approximate surface area is 115 Å². The van der Waals surface area contributed by atoms with Crippen LogP contribution in [-0.2, 0) is 4.74 Å². The smallest absolute Gasteiger partial charge is 0.183 e. The number of nitrogens with one attached hydrogen (secondary N) is 1. The van der Waals surface area contributed by atoms with E-state index in [1.165, 1.54) is 0 Å². The number of hydrogen-bond donors (Lipinski definition) is 1. The number of nitrogens with zero attached hydrogens (tertiary/aromatic N) is 1. The predicted molar refractivity (Wildman–Crippen MR) is 76.7 cm³/mol. The summed E-state index contributed by atoms with van der Waals surface area (Å²) in [4.78, 5) is 4.53. The standard InChI is InChI=1S/C13H15ClN2OS/c1-13(5-2-6-17-13)8-15-12-16-10-7-9(14)3-4-11(10)18-12/h3-4,7H,2,5-6,8H2,1H3,(H,15,16). The van der Waals surface area contributed by atoms with Crippen LogP contribution in [0.25, 0.3) is 10.2 Å².